The third-order valence-electron chi connectivity index (χ3n) is 4.91. The van der Waals surface area contributed by atoms with Gasteiger partial charge in [-0.1, -0.05) is 26.0 Å². The van der Waals surface area contributed by atoms with Crippen LogP contribution in [0.4, 0.5) is 0 Å². The number of thiophene rings is 1. The minimum Gasteiger partial charge on any atom is -0.489 e. The molecule has 1 N–H and O–H groups in total. The smallest absolute Gasteiger partial charge is 0.261 e. The third kappa shape index (κ3) is 4.62. The van der Waals surface area contributed by atoms with Crippen molar-refractivity contribution in [2.75, 3.05) is 0 Å². The lowest BCUT2D eigenvalue weighted by Crippen LogP contribution is -2.22. The van der Waals surface area contributed by atoms with Crippen LogP contribution in [0.5, 0.6) is 5.75 Å². The van der Waals surface area contributed by atoms with E-state index in [0.717, 1.165) is 28.3 Å². The highest BCUT2D eigenvalue weighted by Gasteiger charge is 2.13. The molecule has 0 spiro atoms. The molecule has 2 heterocycles. The molecule has 0 atom stereocenters. The van der Waals surface area contributed by atoms with Crippen LogP contribution in [0.25, 0.3) is 0 Å². The second kappa shape index (κ2) is 8.61. The van der Waals surface area contributed by atoms with Gasteiger partial charge in [0.2, 0.25) is 0 Å². The molecule has 0 saturated carbocycles. The van der Waals surface area contributed by atoms with Gasteiger partial charge in [-0.2, -0.15) is 5.10 Å². The van der Waals surface area contributed by atoms with Gasteiger partial charge in [0, 0.05) is 30.4 Å². The van der Waals surface area contributed by atoms with E-state index in [-0.39, 0.29) is 5.91 Å². The first-order valence-corrected chi connectivity index (χ1v) is 10.3. The van der Waals surface area contributed by atoms with E-state index in [0.29, 0.717) is 23.9 Å². The van der Waals surface area contributed by atoms with Gasteiger partial charge in [0.1, 0.15) is 12.4 Å². The predicted octanol–water partition coefficient (Wildman–Crippen LogP) is 4.73. The highest BCUT2D eigenvalue weighted by molar-refractivity contribution is 7.12. The van der Waals surface area contributed by atoms with Crippen LogP contribution in [0.2, 0.25) is 0 Å². The molecule has 5 nitrogen and oxygen atoms in total. The van der Waals surface area contributed by atoms with Crippen molar-refractivity contribution < 1.29 is 9.53 Å². The SMILES string of the molecule is Cc1nn(C)c(C)c1CNC(=O)c1cc(COc2ccc(C(C)C)cc2)cs1. The second-order valence-electron chi connectivity index (χ2n) is 7.29. The molecule has 0 aliphatic rings. The summed E-state index contributed by atoms with van der Waals surface area (Å²) in [5, 5.41) is 9.35. The van der Waals surface area contributed by atoms with Crippen molar-refractivity contribution in [2.24, 2.45) is 7.05 Å². The standard InChI is InChI=1S/C22H27N3O2S/c1-14(2)18-6-8-19(9-7-18)27-12-17-10-21(28-13-17)22(26)23-11-20-15(3)24-25(5)16(20)4/h6-10,13-14H,11-12H2,1-5H3,(H,23,26). The molecule has 2 aromatic heterocycles. The van der Waals surface area contributed by atoms with E-state index in [2.05, 4.69) is 36.4 Å². The number of hydrogen-bond donors (Lipinski definition) is 1. The van der Waals surface area contributed by atoms with E-state index in [4.69, 9.17) is 4.74 Å². The van der Waals surface area contributed by atoms with E-state index >= 15 is 0 Å². The van der Waals surface area contributed by atoms with Crippen LogP contribution in [-0.2, 0) is 20.2 Å². The Bertz CT molecular complexity index is 955. The normalized spacial score (nSPS) is 11.1. The summed E-state index contributed by atoms with van der Waals surface area (Å²) >= 11 is 1.44. The Kier molecular flexibility index (Phi) is 6.19. The molecule has 148 valence electrons. The van der Waals surface area contributed by atoms with Crippen molar-refractivity contribution in [3.05, 3.63) is 68.7 Å². The summed E-state index contributed by atoms with van der Waals surface area (Å²) in [7, 11) is 1.91. The average Bonchev–Trinajstić information content (AvgIpc) is 3.24. The van der Waals surface area contributed by atoms with Gasteiger partial charge in [0.05, 0.1) is 10.6 Å². The van der Waals surface area contributed by atoms with Crippen LogP contribution < -0.4 is 10.1 Å². The molecule has 0 saturated heterocycles. The molecule has 1 aromatic carbocycles. The number of carbonyl (C=O) groups is 1. The molecule has 3 rings (SSSR count). The first-order chi connectivity index (χ1) is 13.3. The number of nitrogens with one attached hydrogen (secondary N) is 1. The zero-order valence-electron chi connectivity index (χ0n) is 17.1. The highest BCUT2D eigenvalue weighted by Crippen LogP contribution is 2.21. The first kappa shape index (κ1) is 20.1. The number of aromatic nitrogens is 2. The Morgan fingerprint density at radius 1 is 1.25 bits per heavy atom. The van der Waals surface area contributed by atoms with Crippen LogP contribution >= 0.6 is 11.3 Å². The van der Waals surface area contributed by atoms with Gasteiger partial charge in [0.25, 0.3) is 5.91 Å². The lowest BCUT2D eigenvalue weighted by molar-refractivity contribution is 0.0955. The number of aryl methyl sites for hydroxylation is 2. The number of rotatable bonds is 7. The lowest BCUT2D eigenvalue weighted by Gasteiger charge is -2.08. The second-order valence-corrected chi connectivity index (χ2v) is 8.20. The number of nitrogens with zero attached hydrogens (tertiary/aromatic N) is 2. The molecule has 28 heavy (non-hydrogen) atoms. The fraction of sp³-hybridized carbons (Fsp3) is 0.364. The third-order valence-corrected chi connectivity index (χ3v) is 5.89. The minimum absolute atomic E-state index is 0.0693. The molecule has 0 aliphatic heterocycles. The molecule has 1 amide bonds. The summed E-state index contributed by atoms with van der Waals surface area (Å²) in [6, 6.07) is 10.1. The molecule has 0 radical (unpaired) electrons. The molecule has 0 aliphatic carbocycles. The monoisotopic (exact) mass is 397 g/mol. The van der Waals surface area contributed by atoms with E-state index in [1.807, 2.05) is 49.2 Å². The molecule has 0 unspecified atom stereocenters. The summed E-state index contributed by atoms with van der Waals surface area (Å²) in [6.45, 7) is 9.25. The van der Waals surface area contributed by atoms with Crippen molar-refractivity contribution in [1.82, 2.24) is 15.1 Å². The van der Waals surface area contributed by atoms with Crippen LogP contribution in [0.1, 0.15) is 57.5 Å². The van der Waals surface area contributed by atoms with Gasteiger partial charge in [-0.3, -0.25) is 9.48 Å². The van der Waals surface area contributed by atoms with Gasteiger partial charge in [-0.05, 0) is 48.9 Å². The molecule has 6 heteroatoms. The maximum absolute atomic E-state index is 12.5. The summed E-state index contributed by atoms with van der Waals surface area (Å²) in [4.78, 5) is 13.2. The lowest BCUT2D eigenvalue weighted by atomic mass is 10.0. The van der Waals surface area contributed by atoms with Crippen LogP contribution in [-0.4, -0.2) is 15.7 Å². The van der Waals surface area contributed by atoms with Crippen molar-refractivity contribution in [1.29, 1.82) is 0 Å². The summed E-state index contributed by atoms with van der Waals surface area (Å²) in [5.41, 5.74) is 5.38. The van der Waals surface area contributed by atoms with E-state index in [1.54, 1.807) is 0 Å². The van der Waals surface area contributed by atoms with Crippen LogP contribution in [0, 0.1) is 13.8 Å². The predicted molar refractivity (Wildman–Crippen MR) is 113 cm³/mol. The summed E-state index contributed by atoms with van der Waals surface area (Å²) < 4.78 is 7.69. The molecule has 3 aromatic rings. The van der Waals surface area contributed by atoms with Gasteiger partial charge in [-0.25, -0.2) is 0 Å². The zero-order chi connectivity index (χ0) is 20.3. The average molecular weight is 398 g/mol. The quantitative estimate of drug-likeness (QED) is 0.627. The van der Waals surface area contributed by atoms with Crippen molar-refractivity contribution >= 4 is 17.2 Å². The fourth-order valence-corrected chi connectivity index (χ4v) is 3.83. The number of amides is 1. The minimum atomic E-state index is -0.0693. The Balaban J connectivity index is 1.55. The Morgan fingerprint density at radius 3 is 2.57 bits per heavy atom. The maximum atomic E-state index is 12.5. The molecule has 0 bridgehead atoms. The van der Waals surface area contributed by atoms with E-state index in [9.17, 15) is 4.79 Å². The number of benzene rings is 1. The van der Waals surface area contributed by atoms with E-state index < -0.39 is 0 Å². The summed E-state index contributed by atoms with van der Waals surface area (Å²) in [5.74, 6) is 1.27. The molecular weight excluding hydrogens is 370 g/mol. The van der Waals surface area contributed by atoms with Gasteiger partial charge >= 0.3 is 0 Å². The Labute approximate surface area is 170 Å². The molecular formula is C22H27N3O2S. The van der Waals surface area contributed by atoms with Gasteiger partial charge in [0.15, 0.2) is 0 Å². The summed E-state index contributed by atoms with van der Waals surface area (Å²) in [6.07, 6.45) is 0. The Hall–Kier alpha value is -2.60. The van der Waals surface area contributed by atoms with Crippen molar-refractivity contribution in [3.8, 4) is 5.75 Å². The van der Waals surface area contributed by atoms with Gasteiger partial charge in [-0.15, -0.1) is 11.3 Å². The van der Waals surface area contributed by atoms with Crippen molar-refractivity contribution in [3.63, 3.8) is 0 Å². The fourth-order valence-electron chi connectivity index (χ4n) is 3.02. The number of hydrogen-bond acceptors (Lipinski definition) is 4. The van der Waals surface area contributed by atoms with Gasteiger partial charge < -0.3 is 10.1 Å². The largest absolute Gasteiger partial charge is 0.489 e. The topological polar surface area (TPSA) is 56.2 Å². The van der Waals surface area contributed by atoms with Crippen molar-refractivity contribution in [2.45, 2.75) is 46.8 Å². The number of carbonyl (C=O) groups excluding carboxylic acids is 1. The first-order valence-electron chi connectivity index (χ1n) is 9.42. The number of ether oxygens (including phenoxy) is 1. The highest BCUT2D eigenvalue weighted by atomic mass is 32.1. The maximum Gasteiger partial charge on any atom is 0.261 e. The van der Waals surface area contributed by atoms with Crippen LogP contribution in [0.15, 0.2) is 35.7 Å². The molecule has 0 fully saturated rings. The zero-order valence-corrected chi connectivity index (χ0v) is 17.9. The Morgan fingerprint density at radius 2 is 1.96 bits per heavy atom. The van der Waals surface area contributed by atoms with E-state index in [1.165, 1.54) is 16.9 Å². The van der Waals surface area contributed by atoms with Crippen LogP contribution in [0.3, 0.4) is 0 Å².